The zero-order valence-corrected chi connectivity index (χ0v) is 10.8. The first kappa shape index (κ1) is 12.4. The molecule has 18 heavy (non-hydrogen) atoms. The number of benzene rings is 2. The third kappa shape index (κ3) is 2.43. The van der Waals surface area contributed by atoms with Gasteiger partial charge in [-0.15, -0.1) is 6.58 Å². The lowest BCUT2D eigenvalue weighted by Gasteiger charge is -2.11. The Kier molecular flexibility index (Phi) is 3.78. The van der Waals surface area contributed by atoms with Crippen molar-refractivity contribution in [1.82, 2.24) is 0 Å². The van der Waals surface area contributed by atoms with Gasteiger partial charge in [-0.1, -0.05) is 55.1 Å². The van der Waals surface area contributed by atoms with Gasteiger partial charge < -0.3 is 0 Å². The smallest absolute Gasteiger partial charge is 0.00940 e. The molecule has 0 aliphatic rings. The SMILES string of the molecule is C=CCc1ccccc1-c1cc(C=C)ccc1C. The molecule has 0 aliphatic carbocycles. The Morgan fingerprint density at radius 1 is 1.00 bits per heavy atom. The summed E-state index contributed by atoms with van der Waals surface area (Å²) in [5.74, 6) is 0. The fourth-order valence-electron chi connectivity index (χ4n) is 2.17. The van der Waals surface area contributed by atoms with Crippen LogP contribution in [0.25, 0.3) is 17.2 Å². The van der Waals surface area contributed by atoms with Gasteiger partial charge in [0.2, 0.25) is 0 Å². The molecule has 0 aliphatic heterocycles. The molecular formula is C18H18. The monoisotopic (exact) mass is 234 g/mol. The molecule has 0 N–H and O–H groups in total. The normalized spacial score (nSPS) is 10.1. The first-order chi connectivity index (χ1) is 8.76. The second-order valence-corrected chi connectivity index (χ2v) is 4.43. The molecule has 0 nitrogen and oxygen atoms in total. The predicted octanol–water partition coefficient (Wildman–Crippen LogP) is 5.03. The third-order valence-electron chi connectivity index (χ3n) is 3.17. The molecule has 0 atom stereocenters. The van der Waals surface area contributed by atoms with Crippen molar-refractivity contribution >= 4 is 6.08 Å². The van der Waals surface area contributed by atoms with Crippen molar-refractivity contribution in [1.29, 1.82) is 0 Å². The van der Waals surface area contributed by atoms with Crippen LogP contribution in [0.5, 0.6) is 0 Å². The quantitative estimate of drug-likeness (QED) is 0.651. The summed E-state index contributed by atoms with van der Waals surface area (Å²) in [6, 6.07) is 14.9. The summed E-state index contributed by atoms with van der Waals surface area (Å²) in [7, 11) is 0. The van der Waals surface area contributed by atoms with Gasteiger partial charge in [0.15, 0.2) is 0 Å². The van der Waals surface area contributed by atoms with Crippen molar-refractivity contribution in [2.75, 3.05) is 0 Å². The van der Waals surface area contributed by atoms with Gasteiger partial charge in [-0.05, 0) is 47.2 Å². The fraction of sp³-hybridized carbons (Fsp3) is 0.111. The molecule has 0 radical (unpaired) electrons. The van der Waals surface area contributed by atoms with Crippen LogP contribution in [0.3, 0.4) is 0 Å². The minimum absolute atomic E-state index is 0.897. The Morgan fingerprint density at radius 2 is 1.78 bits per heavy atom. The second-order valence-electron chi connectivity index (χ2n) is 4.43. The van der Waals surface area contributed by atoms with E-state index in [0.717, 1.165) is 12.0 Å². The highest BCUT2D eigenvalue weighted by Gasteiger charge is 2.06. The minimum atomic E-state index is 0.897. The molecule has 0 saturated carbocycles. The van der Waals surface area contributed by atoms with Crippen molar-refractivity contribution in [2.24, 2.45) is 0 Å². The lowest BCUT2D eigenvalue weighted by molar-refractivity contribution is 1.27. The summed E-state index contributed by atoms with van der Waals surface area (Å²) in [5, 5.41) is 0. The Bertz CT molecular complexity index is 576. The van der Waals surface area contributed by atoms with Crippen molar-refractivity contribution in [3.05, 3.63) is 78.4 Å². The topological polar surface area (TPSA) is 0 Å². The summed E-state index contributed by atoms with van der Waals surface area (Å²) in [4.78, 5) is 0. The van der Waals surface area contributed by atoms with Gasteiger partial charge in [-0.3, -0.25) is 0 Å². The number of hydrogen-bond acceptors (Lipinski definition) is 0. The summed E-state index contributed by atoms with van der Waals surface area (Å²) >= 11 is 0. The molecule has 0 unspecified atom stereocenters. The number of allylic oxidation sites excluding steroid dienone is 1. The van der Waals surface area contributed by atoms with Gasteiger partial charge >= 0.3 is 0 Å². The molecule has 0 heterocycles. The van der Waals surface area contributed by atoms with Crippen LogP contribution in [-0.2, 0) is 6.42 Å². The Hall–Kier alpha value is -2.08. The van der Waals surface area contributed by atoms with Crippen molar-refractivity contribution in [3.8, 4) is 11.1 Å². The molecule has 0 fully saturated rings. The molecule has 2 rings (SSSR count). The van der Waals surface area contributed by atoms with Crippen LogP contribution in [0.1, 0.15) is 16.7 Å². The predicted molar refractivity (Wildman–Crippen MR) is 80.6 cm³/mol. The first-order valence-electron chi connectivity index (χ1n) is 6.18. The van der Waals surface area contributed by atoms with Crippen LogP contribution in [0.4, 0.5) is 0 Å². The summed E-state index contributed by atoms with van der Waals surface area (Å²) < 4.78 is 0. The van der Waals surface area contributed by atoms with E-state index in [2.05, 4.69) is 62.5 Å². The van der Waals surface area contributed by atoms with E-state index in [1.54, 1.807) is 0 Å². The second kappa shape index (κ2) is 5.50. The van der Waals surface area contributed by atoms with Crippen molar-refractivity contribution < 1.29 is 0 Å². The van der Waals surface area contributed by atoms with Crippen LogP contribution in [-0.4, -0.2) is 0 Å². The molecule has 0 bridgehead atoms. The van der Waals surface area contributed by atoms with Gasteiger partial charge in [0.25, 0.3) is 0 Å². The molecule has 0 heteroatoms. The van der Waals surface area contributed by atoms with Gasteiger partial charge in [-0.2, -0.15) is 0 Å². The highest BCUT2D eigenvalue weighted by atomic mass is 14.1. The number of aryl methyl sites for hydroxylation is 1. The number of rotatable bonds is 4. The van der Waals surface area contributed by atoms with Crippen molar-refractivity contribution in [2.45, 2.75) is 13.3 Å². The standard InChI is InChI=1S/C18H18/c1-4-8-16-9-6-7-10-17(16)18-13-15(5-2)12-11-14(18)3/h4-7,9-13H,1-2,8H2,3H3. The minimum Gasteiger partial charge on any atom is -0.103 e. The highest BCUT2D eigenvalue weighted by molar-refractivity contribution is 5.73. The van der Waals surface area contributed by atoms with E-state index in [4.69, 9.17) is 0 Å². The van der Waals surface area contributed by atoms with Gasteiger partial charge in [0.1, 0.15) is 0 Å². The Labute approximate surface area is 109 Å². The average Bonchev–Trinajstić information content (AvgIpc) is 2.41. The van der Waals surface area contributed by atoms with Crippen LogP contribution in [0, 0.1) is 6.92 Å². The summed E-state index contributed by atoms with van der Waals surface area (Å²) in [6.07, 6.45) is 4.73. The van der Waals surface area contributed by atoms with Crippen LogP contribution in [0.15, 0.2) is 61.7 Å². The molecular weight excluding hydrogens is 216 g/mol. The van der Waals surface area contributed by atoms with E-state index in [-0.39, 0.29) is 0 Å². The third-order valence-corrected chi connectivity index (χ3v) is 3.17. The van der Waals surface area contributed by atoms with Gasteiger partial charge in [0, 0.05) is 0 Å². The maximum atomic E-state index is 3.84. The van der Waals surface area contributed by atoms with Crippen LogP contribution >= 0.6 is 0 Å². The van der Waals surface area contributed by atoms with E-state index < -0.39 is 0 Å². The zero-order chi connectivity index (χ0) is 13.0. The largest absolute Gasteiger partial charge is 0.103 e. The molecule has 0 saturated heterocycles. The summed E-state index contributed by atoms with van der Waals surface area (Å²) in [6.45, 7) is 9.81. The zero-order valence-electron chi connectivity index (χ0n) is 10.8. The van der Waals surface area contributed by atoms with Crippen LogP contribution < -0.4 is 0 Å². The number of hydrogen-bond donors (Lipinski definition) is 0. The maximum Gasteiger partial charge on any atom is -0.00940 e. The molecule has 0 aromatic heterocycles. The maximum absolute atomic E-state index is 3.84. The van der Waals surface area contributed by atoms with Crippen molar-refractivity contribution in [3.63, 3.8) is 0 Å². The van der Waals surface area contributed by atoms with Crippen LogP contribution in [0.2, 0.25) is 0 Å². The Balaban J connectivity index is 2.60. The highest BCUT2D eigenvalue weighted by Crippen LogP contribution is 2.28. The first-order valence-corrected chi connectivity index (χ1v) is 6.18. The average molecular weight is 234 g/mol. The molecule has 2 aromatic rings. The Morgan fingerprint density at radius 3 is 2.50 bits per heavy atom. The van der Waals surface area contributed by atoms with E-state index >= 15 is 0 Å². The van der Waals surface area contributed by atoms with E-state index in [1.807, 2.05) is 12.2 Å². The van der Waals surface area contributed by atoms with E-state index in [1.165, 1.54) is 22.3 Å². The van der Waals surface area contributed by atoms with Gasteiger partial charge in [0.05, 0.1) is 0 Å². The van der Waals surface area contributed by atoms with Gasteiger partial charge in [-0.25, -0.2) is 0 Å². The van der Waals surface area contributed by atoms with E-state index in [0.29, 0.717) is 0 Å². The fourth-order valence-corrected chi connectivity index (χ4v) is 2.17. The lowest BCUT2D eigenvalue weighted by Crippen LogP contribution is -1.91. The molecule has 0 spiro atoms. The summed E-state index contributed by atoms with van der Waals surface area (Å²) in [5.41, 5.74) is 6.33. The molecule has 90 valence electrons. The molecule has 2 aromatic carbocycles. The van der Waals surface area contributed by atoms with E-state index in [9.17, 15) is 0 Å². The molecule has 0 amide bonds. The lowest BCUT2D eigenvalue weighted by atomic mass is 9.93.